The van der Waals surface area contributed by atoms with Crippen LogP contribution in [0.1, 0.15) is 46.0 Å². The highest BCUT2D eigenvalue weighted by molar-refractivity contribution is 5.17. The number of hydrogen-bond acceptors (Lipinski definition) is 1. The van der Waals surface area contributed by atoms with Gasteiger partial charge in [0.05, 0.1) is 5.54 Å². The van der Waals surface area contributed by atoms with E-state index in [9.17, 15) is 0 Å². The van der Waals surface area contributed by atoms with E-state index in [1.807, 2.05) is 12.3 Å². The zero-order chi connectivity index (χ0) is 9.57. The maximum atomic E-state index is 3.41. The van der Waals surface area contributed by atoms with Crippen LogP contribution in [-0.4, -0.2) is 5.54 Å². The van der Waals surface area contributed by atoms with Gasteiger partial charge in [0, 0.05) is 0 Å². The van der Waals surface area contributed by atoms with Crippen LogP contribution in [0, 0.1) is 0 Å². The first-order chi connectivity index (χ1) is 6.27. The molecule has 0 aromatic rings. The molecule has 0 aromatic carbocycles. The van der Waals surface area contributed by atoms with Gasteiger partial charge in [0.1, 0.15) is 0 Å². The summed E-state index contributed by atoms with van der Waals surface area (Å²) in [5.74, 6) is 0. The van der Waals surface area contributed by atoms with Crippen LogP contribution in [0.2, 0.25) is 0 Å². The topological polar surface area (TPSA) is 12.0 Å². The van der Waals surface area contributed by atoms with Gasteiger partial charge in [0.15, 0.2) is 0 Å². The summed E-state index contributed by atoms with van der Waals surface area (Å²) in [6.45, 7) is 4.52. The highest BCUT2D eigenvalue weighted by Gasteiger charge is 2.18. The molecule has 0 saturated carbocycles. The third kappa shape index (κ3) is 3.67. The van der Waals surface area contributed by atoms with Crippen molar-refractivity contribution < 1.29 is 0 Å². The van der Waals surface area contributed by atoms with Crippen LogP contribution < -0.4 is 5.32 Å². The minimum atomic E-state index is 0.211. The summed E-state index contributed by atoms with van der Waals surface area (Å²) in [4.78, 5) is 0. The molecule has 1 atom stereocenters. The Hall–Kier alpha value is -0.720. The first-order valence-electron chi connectivity index (χ1n) is 5.39. The van der Waals surface area contributed by atoms with Crippen LogP contribution in [0.4, 0.5) is 0 Å². The van der Waals surface area contributed by atoms with Crippen molar-refractivity contribution in [3.8, 4) is 0 Å². The fourth-order valence-corrected chi connectivity index (χ4v) is 1.68. The number of rotatable bonds is 5. The van der Waals surface area contributed by atoms with Crippen molar-refractivity contribution in [2.75, 3.05) is 0 Å². The van der Waals surface area contributed by atoms with Crippen molar-refractivity contribution >= 4 is 0 Å². The molecule has 1 unspecified atom stereocenters. The van der Waals surface area contributed by atoms with Crippen LogP contribution >= 0.6 is 0 Å². The lowest BCUT2D eigenvalue weighted by atomic mass is 9.92. The molecule has 0 saturated heterocycles. The molecule has 1 heterocycles. The lowest BCUT2D eigenvalue weighted by molar-refractivity contribution is 0.431. The van der Waals surface area contributed by atoms with Crippen molar-refractivity contribution in [1.82, 2.24) is 5.32 Å². The molecule has 1 aliphatic heterocycles. The molecule has 1 N–H and O–H groups in total. The minimum absolute atomic E-state index is 0.211. The van der Waals surface area contributed by atoms with E-state index in [1.54, 1.807) is 0 Å². The first kappa shape index (κ1) is 10.4. The van der Waals surface area contributed by atoms with Gasteiger partial charge < -0.3 is 5.32 Å². The number of allylic oxidation sites excluding steroid dienone is 2. The van der Waals surface area contributed by atoms with E-state index in [0.29, 0.717) is 0 Å². The van der Waals surface area contributed by atoms with Crippen molar-refractivity contribution in [2.45, 2.75) is 51.5 Å². The third-order valence-electron chi connectivity index (χ3n) is 2.63. The van der Waals surface area contributed by atoms with E-state index in [-0.39, 0.29) is 5.54 Å². The zero-order valence-corrected chi connectivity index (χ0v) is 8.84. The molecule has 13 heavy (non-hydrogen) atoms. The van der Waals surface area contributed by atoms with Gasteiger partial charge >= 0.3 is 0 Å². The standard InChI is InChI=1S/C12H21N/c1-3-4-5-6-9-12(2)10-7-8-11-13-12/h7-8,10-11,13H,3-6,9H2,1-2H3. The van der Waals surface area contributed by atoms with E-state index in [4.69, 9.17) is 0 Å². The monoisotopic (exact) mass is 179 g/mol. The van der Waals surface area contributed by atoms with Crippen molar-refractivity contribution in [1.29, 1.82) is 0 Å². The Kier molecular flexibility index (Phi) is 4.07. The molecule has 1 rings (SSSR count). The van der Waals surface area contributed by atoms with E-state index < -0.39 is 0 Å². The smallest absolute Gasteiger partial charge is 0.0525 e. The molecule has 74 valence electrons. The van der Waals surface area contributed by atoms with E-state index in [2.05, 4.69) is 31.3 Å². The van der Waals surface area contributed by atoms with E-state index in [1.165, 1.54) is 32.1 Å². The lowest BCUT2D eigenvalue weighted by Gasteiger charge is -2.28. The summed E-state index contributed by atoms with van der Waals surface area (Å²) in [7, 11) is 0. The largest absolute Gasteiger partial charge is 0.382 e. The quantitative estimate of drug-likeness (QED) is 0.638. The van der Waals surface area contributed by atoms with E-state index >= 15 is 0 Å². The molecule has 1 nitrogen and oxygen atoms in total. The van der Waals surface area contributed by atoms with Gasteiger partial charge in [0.25, 0.3) is 0 Å². The summed E-state index contributed by atoms with van der Waals surface area (Å²) in [5, 5.41) is 3.41. The second-order valence-electron chi connectivity index (χ2n) is 4.09. The fraction of sp³-hybridized carbons (Fsp3) is 0.667. The predicted molar refractivity (Wildman–Crippen MR) is 58.6 cm³/mol. The molecule has 0 aromatic heterocycles. The van der Waals surface area contributed by atoms with Gasteiger partial charge in [-0.3, -0.25) is 0 Å². The summed E-state index contributed by atoms with van der Waals surface area (Å²) in [6, 6.07) is 0. The number of unbranched alkanes of at least 4 members (excludes halogenated alkanes) is 3. The van der Waals surface area contributed by atoms with Crippen LogP contribution in [0.5, 0.6) is 0 Å². The second kappa shape index (κ2) is 5.11. The molecule has 0 spiro atoms. The highest BCUT2D eigenvalue weighted by atomic mass is 14.9. The number of nitrogens with one attached hydrogen (secondary N) is 1. The molecule has 0 bridgehead atoms. The zero-order valence-electron chi connectivity index (χ0n) is 8.84. The molecule has 0 fully saturated rings. The van der Waals surface area contributed by atoms with Crippen LogP contribution in [-0.2, 0) is 0 Å². The van der Waals surface area contributed by atoms with Gasteiger partial charge in [0.2, 0.25) is 0 Å². The summed E-state index contributed by atoms with van der Waals surface area (Å²) in [6.07, 6.45) is 15.1. The molecular weight excluding hydrogens is 158 g/mol. The third-order valence-corrected chi connectivity index (χ3v) is 2.63. The van der Waals surface area contributed by atoms with Gasteiger partial charge in [-0.2, -0.15) is 0 Å². The summed E-state index contributed by atoms with van der Waals surface area (Å²) >= 11 is 0. The first-order valence-corrected chi connectivity index (χ1v) is 5.39. The Balaban J connectivity index is 2.19. The molecule has 1 heteroatoms. The molecular formula is C12H21N. The van der Waals surface area contributed by atoms with Crippen LogP contribution in [0.3, 0.4) is 0 Å². The Morgan fingerprint density at radius 1 is 1.15 bits per heavy atom. The average molecular weight is 179 g/mol. The summed E-state index contributed by atoms with van der Waals surface area (Å²) in [5.41, 5.74) is 0.211. The Labute approximate surface area is 81.9 Å². The van der Waals surface area contributed by atoms with Gasteiger partial charge in [-0.25, -0.2) is 0 Å². The van der Waals surface area contributed by atoms with Crippen molar-refractivity contribution in [3.63, 3.8) is 0 Å². The fourth-order valence-electron chi connectivity index (χ4n) is 1.68. The average Bonchev–Trinajstić information content (AvgIpc) is 2.14. The van der Waals surface area contributed by atoms with Gasteiger partial charge in [-0.1, -0.05) is 44.8 Å². The van der Waals surface area contributed by atoms with Gasteiger partial charge in [-0.05, 0) is 25.6 Å². The molecule has 0 radical (unpaired) electrons. The minimum Gasteiger partial charge on any atom is -0.382 e. The van der Waals surface area contributed by atoms with Crippen molar-refractivity contribution in [3.05, 3.63) is 24.4 Å². The van der Waals surface area contributed by atoms with Crippen LogP contribution in [0.25, 0.3) is 0 Å². The predicted octanol–water partition coefficient (Wildman–Crippen LogP) is 3.39. The lowest BCUT2D eigenvalue weighted by Crippen LogP contribution is -2.37. The summed E-state index contributed by atoms with van der Waals surface area (Å²) < 4.78 is 0. The molecule has 0 amide bonds. The molecule has 1 aliphatic rings. The number of hydrogen-bond donors (Lipinski definition) is 1. The highest BCUT2D eigenvalue weighted by Crippen LogP contribution is 2.18. The Morgan fingerprint density at radius 3 is 2.62 bits per heavy atom. The van der Waals surface area contributed by atoms with Gasteiger partial charge in [-0.15, -0.1) is 0 Å². The Bertz CT molecular complexity index is 193. The normalized spacial score (nSPS) is 26.0. The van der Waals surface area contributed by atoms with Crippen LogP contribution in [0.15, 0.2) is 24.4 Å². The Morgan fingerprint density at radius 2 is 2.00 bits per heavy atom. The van der Waals surface area contributed by atoms with Crippen molar-refractivity contribution in [2.24, 2.45) is 0 Å². The maximum Gasteiger partial charge on any atom is 0.0525 e. The maximum absolute atomic E-state index is 3.41. The number of dihydropyridines is 1. The molecule has 0 aliphatic carbocycles. The van der Waals surface area contributed by atoms with E-state index in [0.717, 1.165) is 0 Å². The second-order valence-corrected chi connectivity index (χ2v) is 4.09. The SMILES string of the molecule is CCCCCCC1(C)C=CC=CN1.